The summed E-state index contributed by atoms with van der Waals surface area (Å²) in [6, 6.07) is 12.3. The topological polar surface area (TPSA) is 58.6 Å². The second kappa shape index (κ2) is 8.11. The number of nitrogens with zero attached hydrogens (tertiary/aromatic N) is 1. The first-order chi connectivity index (χ1) is 14.2. The molecule has 1 aliphatic carbocycles. The Hall–Kier alpha value is -1.67. The van der Waals surface area contributed by atoms with Crippen LogP contribution in [0.5, 0.6) is 0 Å². The van der Waals surface area contributed by atoms with Crippen molar-refractivity contribution in [3.63, 3.8) is 0 Å². The maximum atomic E-state index is 14.3. The summed E-state index contributed by atoms with van der Waals surface area (Å²) in [4.78, 5) is 2.28. The van der Waals surface area contributed by atoms with Crippen molar-refractivity contribution in [1.82, 2.24) is 4.90 Å². The van der Waals surface area contributed by atoms with E-state index in [2.05, 4.69) is 9.62 Å². The van der Waals surface area contributed by atoms with Crippen molar-refractivity contribution in [3.8, 4) is 0 Å². The summed E-state index contributed by atoms with van der Waals surface area (Å²) in [5.74, 6) is 0.202. The van der Waals surface area contributed by atoms with Crippen molar-refractivity contribution in [2.45, 2.75) is 25.0 Å². The van der Waals surface area contributed by atoms with E-state index < -0.39 is 15.6 Å². The van der Waals surface area contributed by atoms with Gasteiger partial charge in [0.2, 0.25) is 10.0 Å². The van der Waals surface area contributed by atoms with Crippen molar-refractivity contribution in [1.29, 1.82) is 0 Å². The van der Waals surface area contributed by atoms with Gasteiger partial charge in [-0.1, -0.05) is 29.8 Å². The van der Waals surface area contributed by atoms with E-state index in [4.69, 9.17) is 16.3 Å². The van der Waals surface area contributed by atoms with E-state index in [9.17, 15) is 12.8 Å². The molecule has 0 spiro atoms. The Balaban J connectivity index is 1.59. The monoisotopic (exact) mass is 452 g/mol. The van der Waals surface area contributed by atoms with Crippen LogP contribution in [0, 0.1) is 17.7 Å². The average Bonchev–Trinajstić information content (AvgIpc) is 2.86. The van der Waals surface area contributed by atoms with Gasteiger partial charge in [-0.2, -0.15) is 0 Å². The molecule has 0 aromatic heterocycles. The molecule has 1 saturated heterocycles. The molecule has 2 fully saturated rings. The van der Waals surface area contributed by atoms with Gasteiger partial charge in [0.05, 0.1) is 6.26 Å². The van der Waals surface area contributed by atoms with Crippen molar-refractivity contribution < 1.29 is 17.5 Å². The summed E-state index contributed by atoms with van der Waals surface area (Å²) >= 11 is 5.88. The number of nitrogens with one attached hydrogen (secondary N) is 1. The molecule has 2 aliphatic rings. The van der Waals surface area contributed by atoms with Gasteiger partial charge in [0.15, 0.2) is 0 Å². The van der Waals surface area contributed by atoms with Gasteiger partial charge in [-0.15, -0.1) is 0 Å². The summed E-state index contributed by atoms with van der Waals surface area (Å²) < 4.78 is 46.3. The fourth-order valence-corrected chi connectivity index (χ4v) is 6.01. The molecule has 0 radical (unpaired) electrons. The van der Waals surface area contributed by atoms with Crippen LogP contribution < -0.4 is 4.72 Å². The maximum Gasteiger partial charge on any atom is 0.229 e. The summed E-state index contributed by atoms with van der Waals surface area (Å²) in [6.07, 6.45) is 3.17. The summed E-state index contributed by atoms with van der Waals surface area (Å²) in [5.41, 5.74) is 1.70. The second-order valence-electron chi connectivity index (χ2n) is 8.35. The molecular formula is C22H26ClFN2O3S. The number of anilines is 1. The maximum absolute atomic E-state index is 14.3. The highest BCUT2D eigenvalue weighted by Crippen LogP contribution is 2.54. The second-order valence-corrected chi connectivity index (χ2v) is 10.5. The first-order valence-electron chi connectivity index (χ1n) is 10.0. The number of halogens is 2. The number of rotatable bonds is 6. The molecule has 4 rings (SSSR count). The van der Waals surface area contributed by atoms with Crippen LogP contribution in [0.25, 0.3) is 0 Å². The summed E-state index contributed by atoms with van der Waals surface area (Å²) in [5, 5.41) is 0.399. The average molecular weight is 453 g/mol. The van der Waals surface area contributed by atoms with Crippen LogP contribution in [-0.4, -0.2) is 39.8 Å². The van der Waals surface area contributed by atoms with Gasteiger partial charge in [-0.05, 0) is 42.7 Å². The summed E-state index contributed by atoms with van der Waals surface area (Å²) in [7, 11) is -1.62. The lowest BCUT2D eigenvalue weighted by molar-refractivity contribution is -0.120. The molecule has 2 atom stereocenters. The highest BCUT2D eigenvalue weighted by atomic mass is 35.5. The number of piperidine rings is 1. The zero-order valence-corrected chi connectivity index (χ0v) is 18.6. The minimum absolute atomic E-state index is 0.241. The van der Waals surface area contributed by atoms with Crippen molar-refractivity contribution in [2.24, 2.45) is 11.8 Å². The van der Waals surface area contributed by atoms with E-state index >= 15 is 0 Å². The molecule has 0 amide bonds. The number of sulfonamides is 1. The van der Waals surface area contributed by atoms with E-state index in [1.54, 1.807) is 25.3 Å². The molecule has 30 heavy (non-hydrogen) atoms. The number of fused-ring (bicyclic) bond motifs is 2. The zero-order chi connectivity index (χ0) is 21.5. The Morgan fingerprint density at radius 3 is 2.50 bits per heavy atom. The Bertz CT molecular complexity index is 1030. The normalized spacial score (nSPS) is 26.7. The Labute approximate surface area is 182 Å². The predicted octanol–water partition coefficient (Wildman–Crippen LogP) is 4.23. The van der Waals surface area contributed by atoms with Gasteiger partial charge >= 0.3 is 0 Å². The van der Waals surface area contributed by atoms with E-state index in [1.165, 1.54) is 6.07 Å². The van der Waals surface area contributed by atoms with E-state index in [0.717, 1.165) is 37.8 Å². The molecule has 1 heterocycles. The van der Waals surface area contributed by atoms with Gasteiger partial charge < -0.3 is 4.74 Å². The molecule has 2 bridgehead atoms. The highest BCUT2D eigenvalue weighted by molar-refractivity contribution is 7.92. The van der Waals surface area contributed by atoms with Crippen LogP contribution in [-0.2, 0) is 26.9 Å². The fourth-order valence-electron chi connectivity index (χ4n) is 5.30. The standard InChI is InChI=1S/C22H26ClFN2O3S/c1-29-22(16-4-3-5-20(10-16)25-30(2,27)28)17-7-8-18(22)14-26(13-17)12-15-6-9-19(23)11-21(15)24/h3-6,9-11,17-18,25H,7-8,12-14H2,1-2H3. The molecule has 2 aromatic carbocycles. The molecule has 5 nitrogen and oxygen atoms in total. The van der Waals surface area contributed by atoms with Crippen LogP contribution in [0.3, 0.4) is 0 Å². The lowest BCUT2D eigenvalue weighted by Crippen LogP contribution is -2.52. The third kappa shape index (κ3) is 4.08. The molecule has 2 unspecified atom stereocenters. The summed E-state index contributed by atoms with van der Waals surface area (Å²) in [6.45, 7) is 2.11. The lowest BCUT2D eigenvalue weighted by atomic mass is 9.74. The van der Waals surface area contributed by atoms with Crippen molar-refractivity contribution >= 4 is 27.3 Å². The zero-order valence-electron chi connectivity index (χ0n) is 17.1. The fraction of sp³-hybridized carbons (Fsp3) is 0.455. The van der Waals surface area contributed by atoms with Gasteiger partial charge in [0.25, 0.3) is 0 Å². The number of benzene rings is 2. The lowest BCUT2D eigenvalue weighted by Gasteiger charge is -2.47. The van der Waals surface area contributed by atoms with Gasteiger partial charge in [0.1, 0.15) is 11.4 Å². The molecule has 162 valence electrons. The first-order valence-corrected chi connectivity index (χ1v) is 12.3. The van der Waals surface area contributed by atoms with E-state index in [1.807, 2.05) is 18.2 Å². The van der Waals surface area contributed by atoms with Crippen LogP contribution >= 0.6 is 11.6 Å². The van der Waals surface area contributed by atoms with Crippen LogP contribution in [0.1, 0.15) is 24.0 Å². The van der Waals surface area contributed by atoms with Crippen LogP contribution in [0.15, 0.2) is 42.5 Å². The molecule has 1 N–H and O–H groups in total. The number of hydrogen-bond acceptors (Lipinski definition) is 4. The smallest absolute Gasteiger partial charge is 0.229 e. The molecule has 2 aromatic rings. The number of ether oxygens (including phenoxy) is 1. The van der Waals surface area contributed by atoms with Crippen molar-refractivity contribution in [2.75, 3.05) is 31.2 Å². The number of methoxy groups -OCH3 is 1. The molecule has 8 heteroatoms. The minimum Gasteiger partial charge on any atom is -0.373 e. The predicted molar refractivity (Wildman–Crippen MR) is 116 cm³/mol. The highest BCUT2D eigenvalue weighted by Gasteiger charge is 2.55. The Morgan fingerprint density at radius 1 is 1.20 bits per heavy atom. The number of hydrogen-bond donors (Lipinski definition) is 1. The molecule has 1 saturated carbocycles. The largest absolute Gasteiger partial charge is 0.373 e. The third-order valence-electron chi connectivity index (χ3n) is 6.40. The van der Waals surface area contributed by atoms with Crippen LogP contribution in [0.4, 0.5) is 10.1 Å². The van der Waals surface area contributed by atoms with Gasteiger partial charge in [-0.25, -0.2) is 12.8 Å². The minimum atomic E-state index is -3.36. The van der Waals surface area contributed by atoms with E-state index in [0.29, 0.717) is 22.8 Å². The van der Waals surface area contributed by atoms with Gasteiger partial charge in [0, 0.05) is 54.9 Å². The molecule has 1 aliphatic heterocycles. The Kier molecular flexibility index (Phi) is 5.83. The third-order valence-corrected chi connectivity index (χ3v) is 7.24. The SMILES string of the molecule is COC1(c2cccc(NS(C)(=O)=O)c2)C2CCC1CN(Cc1ccc(Cl)cc1F)C2. The van der Waals surface area contributed by atoms with Gasteiger partial charge in [-0.3, -0.25) is 9.62 Å². The van der Waals surface area contributed by atoms with Crippen LogP contribution in [0.2, 0.25) is 5.02 Å². The van der Waals surface area contributed by atoms with Crippen molar-refractivity contribution in [3.05, 3.63) is 64.4 Å². The quantitative estimate of drug-likeness (QED) is 0.712. The number of likely N-dealkylation sites (tertiary alicyclic amines) is 1. The van der Waals surface area contributed by atoms with E-state index in [-0.39, 0.29) is 17.7 Å². The first kappa shape index (κ1) is 21.6. The molecular weight excluding hydrogens is 427 g/mol. The Morgan fingerprint density at radius 2 is 1.90 bits per heavy atom.